The van der Waals surface area contributed by atoms with E-state index < -0.39 is 16.0 Å². The minimum atomic E-state index is -3.76. The van der Waals surface area contributed by atoms with E-state index in [1.165, 1.54) is 19.4 Å². The Morgan fingerprint density at radius 3 is 2.70 bits per heavy atom. The SMILES string of the molecule is COC(=O)c1cccc(NS(=O)(=O)c2ccn[nH]2)c1C. The van der Waals surface area contributed by atoms with E-state index in [4.69, 9.17) is 0 Å². The summed E-state index contributed by atoms with van der Waals surface area (Å²) in [5.41, 5.74) is 1.10. The van der Waals surface area contributed by atoms with Crippen LogP contribution in [0, 0.1) is 6.92 Å². The van der Waals surface area contributed by atoms with E-state index in [1.807, 2.05) is 0 Å². The van der Waals surface area contributed by atoms with Gasteiger partial charge in [-0.1, -0.05) is 6.07 Å². The fourth-order valence-electron chi connectivity index (χ4n) is 1.67. The highest BCUT2D eigenvalue weighted by Gasteiger charge is 2.19. The number of carbonyl (C=O) groups excluding carboxylic acids is 1. The number of carbonyl (C=O) groups is 1. The quantitative estimate of drug-likeness (QED) is 0.828. The summed E-state index contributed by atoms with van der Waals surface area (Å²) in [7, 11) is -2.49. The number of nitrogens with one attached hydrogen (secondary N) is 2. The molecule has 0 atom stereocenters. The van der Waals surface area contributed by atoms with Crippen molar-refractivity contribution >= 4 is 21.7 Å². The van der Waals surface area contributed by atoms with Crippen LogP contribution in [0.1, 0.15) is 15.9 Å². The number of ether oxygens (including phenoxy) is 1. The van der Waals surface area contributed by atoms with Gasteiger partial charge in [0.25, 0.3) is 10.0 Å². The summed E-state index contributed by atoms with van der Waals surface area (Å²) in [6.07, 6.45) is 1.34. The molecular weight excluding hydrogens is 282 g/mol. The predicted molar refractivity (Wildman–Crippen MR) is 71.9 cm³/mol. The van der Waals surface area contributed by atoms with E-state index in [9.17, 15) is 13.2 Å². The van der Waals surface area contributed by atoms with Crippen LogP contribution in [0.5, 0.6) is 0 Å². The third-order valence-electron chi connectivity index (χ3n) is 2.75. The molecule has 0 saturated carbocycles. The molecule has 0 saturated heterocycles. The smallest absolute Gasteiger partial charge is 0.338 e. The van der Waals surface area contributed by atoms with Crippen molar-refractivity contribution < 1.29 is 17.9 Å². The van der Waals surface area contributed by atoms with Crippen molar-refractivity contribution in [3.8, 4) is 0 Å². The van der Waals surface area contributed by atoms with Crippen LogP contribution in [0.3, 0.4) is 0 Å². The monoisotopic (exact) mass is 295 g/mol. The lowest BCUT2D eigenvalue weighted by Crippen LogP contribution is -2.15. The van der Waals surface area contributed by atoms with Crippen molar-refractivity contribution in [1.82, 2.24) is 10.2 Å². The van der Waals surface area contributed by atoms with Gasteiger partial charge < -0.3 is 4.74 Å². The van der Waals surface area contributed by atoms with Crippen molar-refractivity contribution in [1.29, 1.82) is 0 Å². The van der Waals surface area contributed by atoms with Crippen molar-refractivity contribution in [2.45, 2.75) is 11.9 Å². The summed E-state index contributed by atoms with van der Waals surface area (Å²) in [4.78, 5) is 11.6. The van der Waals surface area contributed by atoms with Gasteiger partial charge >= 0.3 is 5.97 Å². The first-order valence-corrected chi connectivity index (χ1v) is 7.14. The Bertz CT molecular complexity index is 723. The number of methoxy groups -OCH3 is 1. The lowest BCUT2D eigenvalue weighted by Gasteiger charge is -2.11. The van der Waals surface area contributed by atoms with Gasteiger partial charge in [-0.2, -0.15) is 13.5 Å². The highest BCUT2D eigenvalue weighted by Crippen LogP contribution is 2.22. The number of hydrogen-bond donors (Lipinski definition) is 2. The minimum absolute atomic E-state index is 0.0552. The van der Waals surface area contributed by atoms with Crippen LogP contribution in [0.4, 0.5) is 5.69 Å². The number of rotatable bonds is 4. The first-order chi connectivity index (χ1) is 9.45. The Labute approximate surface area is 116 Å². The normalized spacial score (nSPS) is 11.1. The molecular formula is C12H13N3O4S. The molecule has 1 heterocycles. The summed E-state index contributed by atoms with van der Waals surface area (Å²) < 4.78 is 31.2. The number of esters is 1. The lowest BCUT2D eigenvalue weighted by atomic mass is 10.1. The Morgan fingerprint density at radius 2 is 2.10 bits per heavy atom. The van der Waals surface area contributed by atoms with Gasteiger partial charge in [-0.3, -0.25) is 9.82 Å². The average molecular weight is 295 g/mol. The van der Waals surface area contributed by atoms with E-state index >= 15 is 0 Å². The molecule has 1 aromatic carbocycles. The zero-order chi connectivity index (χ0) is 14.8. The fourth-order valence-corrected chi connectivity index (χ4v) is 2.70. The summed E-state index contributed by atoms with van der Waals surface area (Å²) in [5.74, 6) is -0.523. The molecule has 1 aromatic heterocycles. The number of nitrogens with zero attached hydrogens (tertiary/aromatic N) is 1. The topological polar surface area (TPSA) is 101 Å². The second-order valence-electron chi connectivity index (χ2n) is 4.00. The lowest BCUT2D eigenvalue weighted by molar-refractivity contribution is 0.0600. The Balaban J connectivity index is 2.38. The summed E-state index contributed by atoms with van der Waals surface area (Å²) in [6.45, 7) is 1.64. The van der Waals surface area contributed by atoms with Gasteiger partial charge in [-0.15, -0.1) is 0 Å². The van der Waals surface area contributed by atoms with Crippen LogP contribution in [0.15, 0.2) is 35.5 Å². The molecule has 2 rings (SSSR count). The number of hydrogen-bond acceptors (Lipinski definition) is 5. The minimum Gasteiger partial charge on any atom is -0.465 e. The van der Waals surface area contributed by atoms with Gasteiger partial charge in [0.15, 0.2) is 5.03 Å². The predicted octanol–water partition coefficient (Wildman–Crippen LogP) is 1.31. The van der Waals surface area contributed by atoms with E-state index in [-0.39, 0.29) is 5.03 Å². The van der Waals surface area contributed by atoms with Gasteiger partial charge in [0.1, 0.15) is 0 Å². The third kappa shape index (κ3) is 2.64. The average Bonchev–Trinajstić information content (AvgIpc) is 2.95. The van der Waals surface area contributed by atoms with Crippen LogP contribution in [-0.2, 0) is 14.8 Å². The number of sulfonamides is 1. The Morgan fingerprint density at radius 1 is 1.35 bits per heavy atom. The van der Waals surface area contributed by atoms with Crippen LogP contribution in [-0.4, -0.2) is 31.7 Å². The molecule has 0 unspecified atom stereocenters. The molecule has 0 bridgehead atoms. The van der Waals surface area contributed by atoms with Crippen molar-refractivity contribution in [3.63, 3.8) is 0 Å². The molecule has 2 aromatic rings. The Hall–Kier alpha value is -2.35. The van der Waals surface area contributed by atoms with Gasteiger partial charge in [0, 0.05) is 0 Å². The second-order valence-corrected chi connectivity index (χ2v) is 5.65. The molecule has 0 aliphatic rings. The molecule has 0 fully saturated rings. The van der Waals surface area contributed by atoms with E-state index in [2.05, 4.69) is 19.7 Å². The second kappa shape index (κ2) is 5.33. The van der Waals surface area contributed by atoms with Gasteiger partial charge in [-0.05, 0) is 30.7 Å². The number of benzene rings is 1. The molecule has 8 heteroatoms. The highest BCUT2D eigenvalue weighted by atomic mass is 32.2. The van der Waals surface area contributed by atoms with Crippen molar-refractivity contribution in [2.24, 2.45) is 0 Å². The molecule has 106 valence electrons. The van der Waals surface area contributed by atoms with Crippen LogP contribution < -0.4 is 4.72 Å². The van der Waals surface area contributed by atoms with E-state index in [0.29, 0.717) is 16.8 Å². The zero-order valence-electron chi connectivity index (χ0n) is 10.9. The highest BCUT2D eigenvalue weighted by molar-refractivity contribution is 7.92. The largest absolute Gasteiger partial charge is 0.465 e. The standard InChI is InChI=1S/C12H13N3O4S/c1-8-9(12(16)19-2)4-3-5-10(8)15-20(17,18)11-6-7-13-14-11/h3-7,15H,1-2H3,(H,13,14). The van der Waals surface area contributed by atoms with Crippen molar-refractivity contribution in [3.05, 3.63) is 41.6 Å². The summed E-state index contributed by atoms with van der Waals surface area (Å²) in [6, 6.07) is 6.04. The molecule has 0 amide bonds. The first kappa shape index (κ1) is 14.1. The molecule has 20 heavy (non-hydrogen) atoms. The number of aromatic amines is 1. The van der Waals surface area contributed by atoms with E-state index in [0.717, 1.165) is 0 Å². The molecule has 7 nitrogen and oxygen atoms in total. The molecule has 0 radical (unpaired) electrons. The summed E-state index contributed by atoms with van der Waals surface area (Å²) in [5, 5.41) is 5.91. The third-order valence-corrected chi connectivity index (χ3v) is 4.04. The number of anilines is 1. The van der Waals surface area contributed by atoms with Crippen molar-refractivity contribution in [2.75, 3.05) is 11.8 Å². The number of H-pyrrole nitrogens is 1. The van der Waals surface area contributed by atoms with Crippen LogP contribution in [0.25, 0.3) is 0 Å². The first-order valence-electron chi connectivity index (χ1n) is 5.66. The summed E-state index contributed by atoms with van der Waals surface area (Å²) >= 11 is 0. The molecule has 2 N–H and O–H groups in total. The number of aromatic nitrogens is 2. The maximum atomic E-state index is 12.1. The van der Waals surface area contributed by atoms with Crippen LogP contribution in [0.2, 0.25) is 0 Å². The maximum absolute atomic E-state index is 12.1. The molecule has 0 spiro atoms. The zero-order valence-corrected chi connectivity index (χ0v) is 11.7. The van der Waals surface area contributed by atoms with Gasteiger partial charge in [0.05, 0.1) is 24.6 Å². The molecule has 0 aliphatic carbocycles. The van der Waals surface area contributed by atoms with E-state index in [1.54, 1.807) is 25.1 Å². The maximum Gasteiger partial charge on any atom is 0.338 e. The van der Waals surface area contributed by atoms with Gasteiger partial charge in [-0.25, -0.2) is 4.79 Å². The Kier molecular flexibility index (Phi) is 3.75. The molecule has 0 aliphatic heterocycles. The van der Waals surface area contributed by atoms with Gasteiger partial charge in [0.2, 0.25) is 0 Å². The van der Waals surface area contributed by atoms with Crippen LogP contribution >= 0.6 is 0 Å². The fraction of sp³-hybridized carbons (Fsp3) is 0.167.